The van der Waals surface area contributed by atoms with Crippen LogP contribution in [0.3, 0.4) is 0 Å². The molecule has 0 unspecified atom stereocenters. The lowest BCUT2D eigenvalue weighted by Gasteiger charge is -2.06. The van der Waals surface area contributed by atoms with Crippen molar-refractivity contribution in [3.8, 4) is 0 Å². The predicted molar refractivity (Wildman–Crippen MR) is 68.9 cm³/mol. The molecule has 0 atom stereocenters. The number of hydrogen-bond donors (Lipinski definition) is 1. The van der Waals surface area contributed by atoms with Crippen LogP contribution in [0.2, 0.25) is 0 Å². The Morgan fingerprint density at radius 3 is 2.25 bits per heavy atom. The van der Waals surface area contributed by atoms with Crippen LogP contribution >= 0.6 is 0 Å². The fourth-order valence-corrected chi connectivity index (χ4v) is 1.42. The first-order valence-electron chi connectivity index (χ1n) is 6.78. The van der Waals surface area contributed by atoms with Gasteiger partial charge in [-0.25, -0.2) is 0 Å². The highest BCUT2D eigenvalue weighted by molar-refractivity contribution is 4.47. The molecule has 0 aromatic carbocycles. The van der Waals surface area contributed by atoms with E-state index in [0.717, 1.165) is 45.9 Å². The number of hydrogen-bond acceptors (Lipinski definition) is 3. The standard InChI is InChI=1S/C13H29NO2/c1-3-5-7-12-16-13-10-14-9-6-8-11-15-4-2/h14H,3-13H2,1-2H3. The molecule has 98 valence electrons. The van der Waals surface area contributed by atoms with Gasteiger partial charge in [0.2, 0.25) is 0 Å². The van der Waals surface area contributed by atoms with Crippen molar-refractivity contribution in [1.82, 2.24) is 5.32 Å². The van der Waals surface area contributed by atoms with E-state index in [1.165, 1.54) is 25.7 Å². The van der Waals surface area contributed by atoms with Crippen LogP contribution in [0.15, 0.2) is 0 Å². The largest absolute Gasteiger partial charge is 0.382 e. The van der Waals surface area contributed by atoms with Gasteiger partial charge in [0.15, 0.2) is 0 Å². The van der Waals surface area contributed by atoms with Gasteiger partial charge >= 0.3 is 0 Å². The Morgan fingerprint density at radius 2 is 1.50 bits per heavy atom. The zero-order chi connectivity index (χ0) is 11.9. The molecule has 0 amide bonds. The second-order valence-corrected chi connectivity index (χ2v) is 3.97. The first kappa shape index (κ1) is 15.9. The molecule has 1 N–H and O–H groups in total. The van der Waals surface area contributed by atoms with Crippen molar-refractivity contribution in [2.45, 2.75) is 46.0 Å². The molecular formula is C13H29NO2. The summed E-state index contributed by atoms with van der Waals surface area (Å²) in [4.78, 5) is 0. The highest BCUT2D eigenvalue weighted by Crippen LogP contribution is 1.93. The molecule has 0 aromatic heterocycles. The van der Waals surface area contributed by atoms with Gasteiger partial charge in [-0.05, 0) is 32.7 Å². The fourth-order valence-electron chi connectivity index (χ4n) is 1.42. The summed E-state index contributed by atoms with van der Waals surface area (Å²) in [7, 11) is 0. The van der Waals surface area contributed by atoms with Gasteiger partial charge < -0.3 is 14.8 Å². The maximum absolute atomic E-state index is 5.49. The first-order valence-corrected chi connectivity index (χ1v) is 6.78. The van der Waals surface area contributed by atoms with E-state index < -0.39 is 0 Å². The molecule has 0 saturated carbocycles. The van der Waals surface area contributed by atoms with Crippen molar-refractivity contribution in [2.24, 2.45) is 0 Å². The summed E-state index contributed by atoms with van der Waals surface area (Å²) in [5, 5.41) is 3.37. The Hall–Kier alpha value is -0.120. The molecule has 16 heavy (non-hydrogen) atoms. The molecule has 0 aliphatic heterocycles. The average molecular weight is 231 g/mol. The van der Waals surface area contributed by atoms with E-state index in [1.807, 2.05) is 6.92 Å². The van der Waals surface area contributed by atoms with Crippen LogP contribution in [0.5, 0.6) is 0 Å². The highest BCUT2D eigenvalue weighted by Gasteiger charge is 1.91. The molecule has 0 aliphatic rings. The number of nitrogens with one attached hydrogen (secondary N) is 1. The van der Waals surface area contributed by atoms with Crippen LogP contribution in [0.4, 0.5) is 0 Å². The summed E-state index contributed by atoms with van der Waals surface area (Å²) in [6, 6.07) is 0. The zero-order valence-corrected chi connectivity index (χ0v) is 11.1. The Kier molecular flexibility index (Phi) is 14.8. The average Bonchev–Trinajstić information content (AvgIpc) is 2.31. The topological polar surface area (TPSA) is 30.5 Å². The minimum atomic E-state index is 0.832. The maximum atomic E-state index is 5.49. The Morgan fingerprint density at radius 1 is 0.750 bits per heavy atom. The lowest BCUT2D eigenvalue weighted by molar-refractivity contribution is 0.130. The van der Waals surface area contributed by atoms with Crippen LogP contribution in [-0.2, 0) is 9.47 Å². The molecule has 0 fully saturated rings. The van der Waals surface area contributed by atoms with E-state index in [-0.39, 0.29) is 0 Å². The molecular weight excluding hydrogens is 202 g/mol. The van der Waals surface area contributed by atoms with Crippen molar-refractivity contribution >= 4 is 0 Å². The minimum Gasteiger partial charge on any atom is -0.382 e. The molecule has 0 bridgehead atoms. The van der Waals surface area contributed by atoms with Crippen LogP contribution in [-0.4, -0.2) is 39.5 Å². The Labute approximate surface area is 101 Å². The molecule has 0 aliphatic carbocycles. The third-order valence-electron chi connectivity index (χ3n) is 2.41. The Bertz CT molecular complexity index is 107. The van der Waals surface area contributed by atoms with Gasteiger partial charge in [-0.1, -0.05) is 19.8 Å². The fraction of sp³-hybridized carbons (Fsp3) is 1.00. The van der Waals surface area contributed by atoms with Crippen molar-refractivity contribution in [2.75, 3.05) is 39.5 Å². The smallest absolute Gasteiger partial charge is 0.0590 e. The number of ether oxygens (including phenoxy) is 2. The highest BCUT2D eigenvalue weighted by atomic mass is 16.5. The van der Waals surface area contributed by atoms with Crippen molar-refractivity contribution in [3.63, 3.8) is 0 Å². The Balaban J connectivity index is 2.83. The summed E-state index contributed by atoms with van der Waals surface area (Å²) >= 11 is 0. The lowest BCUT2D eigenvalue weighted by Crippen LogP contribution is -2.21. The molecule has 0 radical (unpaired) electrons. The van der Waals surface area contributed by atoms with Crippen LogP contribution in [0.1, 0.15) is 46.0 Å². The molecule has 0 aromatic rings. The van der Waals surface area contributed by atoms with E-state index in [0.29, 0.717) is 0 Å². The monoisotopic (exact) mass is 231 g/mol. The molecule has 0 rings (SSSR count). The molecule has 0 saturated heterocycles. The van der Waals surface area contributed by atoms with E-state index in [4.69, 9.17) is 9.47 Å². The van der Waals surface area contributed by atoms with Crippen molar-refractivity contribution in [3.05, 3.63) is 0 Å². The molecule has 0 heterocycles. The summed E-state index contributed by atoms with van der Waals surface area (Å²) in [6.07, 6.45) is 6.09. The SMILES string of the molecule is CCCCCOCCNCCCCOCC. The van der Waals surface area contributed by atoms with E-state index >= 15 is 0 Å². The van der Waals surface area contributed by atoms with E-state index in [1.54, 1.807) is 0 Å². The molecule has 0 spiro atoms. The van der Waals surface area contributed by atoms with Gasteiger partial charge in [-0.3, -0.25) is 0 Å². The number of unbranched alkanes of at least 4 members (excludes halogenated alkanes) is 3. The second-order valence-electron chi connectivity index (χ2n) is 3.97. The van der Waals surface area contributed by atoms with Gasteiger partial charge in [0.25, 0.3) is 0 Å². The maximum Gasteiger partial charge on any atom is 0.0590 e. The van der Waals surface area contributed by atoms with Crippen molar-refractivity contribution in [1.29, 1.82) is 0 Å². The zero-order valence-electron chi connectivity index (χ0n) is 11.1. The van der Waals surface area contributed by atoms with E-state index in [2.05, 4.69) is 12.2 Å². The summed E-state index contributed by atoms with van der Waals surface area (Å²) in [6.45, 7) is 9.78. The third kappa shape index (κ3) is 13.9. The van der Waals surface area contributed by atoms with Gasteiger partial charge in [0.1, 0.15) is 0 Å². The van der Waals surface area contributed by atoms with Crippen LogP contribution in [0, 0.1) is 0 Å². The summed E-state index contributed by atoms with van der Waals surface area (Å²) in [5.41, 5.74) is 0. The summed E-state index contributed by atoms with van der Waals surface area (Å²) < 4.78 is 10.8. The van der Waals surface area contributed by atoms with Gasteiger partial charge in [-0.2, -0.15) is 0 Å². The predicted octanol–water partition coefficient (Wildman–Crippen LogP) is 2.60. The first-order chi connectivity index (χ1) is 7.91. The minimum absolute atomic E-state index is 0.832. The second kappa shape index (κ2) is 14.9. The van der Waals surface area contributed by atoms with Crippen LogP contribution in [0.25, 0.3) is 0 Å². The molecule has 3 heteroatoms. The normalized spacial score (nSPS) is 10.9. The van der Waals surface area contributed by atoms with Gasteiger partial charge in [0, 0.05) is 26.4 Å². The summed E-state index contributed by atoms with van der Waals surface area (Å²) in [5.74, 6) is 0. The number of rotatable bonds is 13. The van der Waals surface area contributed by atoms with Crippen molar-refractivity contribution < 1.29 is 9.47 Å². The lowest BCUT2D eigenvalue weighted by atomic mass is 10.3. The molecule has 3 nitrogen and oxygen atoms in total. The van der Waals surface area contributed by atoms with Crippen LogP contribution < -0.4 is 5.32 Å². The van der Waals surface area contributed by atoms with Gasteiger partial charge in [-0.15, -0.1) is 0 Å². The van der Waals surface area contributed by atoms with Gasteiger partial charge in [0.05, 0.1) is 6.61 Å². The van der Waals surface area contributed by atoms with E-state index in [9.17, 15) is 0 Å². The quantitative estimate of drug-likeness (QED) is 0.494. The third-order valence-corrected chi connectivity index (χ3v) is 2.41.